The first-order valence-corrected chi connectivity index (χ1v) is 24.4. The quantitative estimate of drug-likeness (QED) is 0.155. The second kappa shape index (κ2) is 16.6. The molecule has 15 nitrogen and oxygen atoms in total. The zero-order valence-corrected chi connectivity index (χ0v) is 40.1. The molecule has 6 aliphatic heterocycles. The molecular weight excluding hydrogens is 855 g/mol. The van der Waals surface area contributed by atoms with Crippen molar-refractivity contribution in [2.45, 2.75) is 112 Å². The van der Waals surface area contributed by atoms with Gasteiger partial charge in [-0.05, 0) is 87.1 Å². The molecule has 1 aromatic heterocycles. The standard InChI is InChI=1S/C52H67N5O10/c1-8-48(54-42(59)33-16-23-66-24-17-33)27-32-28-51(46(60)64-6,41-35(15-21-56(29-32)30-48)34-13-10-11-14-38(34)53-41)37-25-36-39(26-40(37)63-5)55(4)44-50(36)19-22-57-20-12-18-49(9-2,43(50)57)45(67-31(3)58)52(44,62)47(61)65-7/h10-14,18,25-26,32-33,43-45,53,62H,8-9,15-17,19-24,27-30H2,1-7H3,(H,54,59)/t32-,43+,44-,45-,48+,49-,50-,51+,52+/m1/s1. The monoisotopic (exact) mass is 921 g/mol. The molecule has 1 unspecified atom stereocenters. The molecule has 360 valence electrons. The number of fused-ring (bicyclic) bond motifs is 6. The minimum atomic E-state index is -2.32. The normalized spacial score (nSPS) is 35.5. The smallest absolute Gasteiger partial charge is 0.344 e. The lowest BCUT2D eigenvalue weighted by Crippen LogP contribution is -2.81. The second-order valence-corrected chi connectivity index (χ2v) is 20.6. The van der Waals surface area contributed by atoms with E-state index in [0.29, 0.717) is 102 Å². The molecule has 7 aliphatic rings. The highest BCUT2D eigenvalue weighted by atomic mass is 16.6. The van der Waals surface area contributed by atoms with Gasteiger partial charge in [0, 0.05) is 110 Å². The summed E-state index contributed by atoms with van der Waals surface area (Å²) in [6.45, 7) is 10.0. The second-order valence-electron chi connectivity index (χ2n) is 20.6. The molecule has 2 bridgehead atoms. The fourth-order valence-electron chi connectivity index (χ4n) is 15.0. The average Bonchev–Trinajstić information content (AvgIpc) is 4.00. The van der Waals surface area contributed by atoms with Crippen molar-refractivity contribution < 1.29 is 48.0 Å². The van der Waals surface area contributed by atoms with E-state index >= 15 is 4.79 Å². The molecule has 3 aromatic rings. The highest BCUT2D eigenvalue weighted by Crippen LogP contribution is 2.68. The Hall–Kier alpha value is -4.96. The predicted molar refractivity (Wildman–Crippen MR) is 250 cm³/mol. The van der Waals surface area contributed by atoms with Gasteiger partial charge in [0.2, 0.25) is 11.5 Å². The van der Waals surface area contributed by atoms with Crippen molar-refractivity contribution in [2.75, 3.05) is 79.2 Å². The van der Waals surface area contributed by atoms with Crippen LogP contribution in [0.5, 0.6) is 5.75 Å². The van der Waals surface area contributed by atoms with Crippen LogP contribution in [-0.4, -0.2) is 147 Å². The minimum Gasteiger partial charge on any atom is -0.496 e. The van der Waals surface area contributed by atoms with Gasteiger partial charge in [0.05, 0.1) is 32.9 Å². The van der Waals surface area contributed by atoms with Crippen LogP contribution in [0.1, 0.15) is 88.1 Å². The van der Waals surface area contributed by atoms with Crippen molar-refractivity contribution >= 4 is 40.4 Å². The van der Waals surface area contributed by atoms with Crippen LogP contribution >= 0.6 is 0 Å². The van der Waals surface area contributed by atoms with Gasteiger partial charge >= 0.3 is 17.9 Å². The van der Waals surface area contributed by atoms with E-state index in [0.717, 1.165) is 39.8 Å². The van der Waals surface area contributed by atoms with Crippen LogP contribution in [0.3, 0.4) is 0 Å². The number of nitrogens with zero attached hydrogens (tertiary/aromatic N) is 3. The predicted octanol–water partition coefficient (Wildman–Crippen LogP) is 4.54. The van der Waals surface area contributed by atoms with E-state index in [1.165, 1.54) is 21.1 Å². The number of hydrogen-bond donors (Lipinski definition) is 3. The first kappa shape index (κ1) is 45.8. The molecule has 7 heterocycles. The Morgan fingerprint density at radius 1 is 0.955 bits per heavy atom. The maximum absolute atomic E-state index is 15.7. The summed E-state index contributed by atoms with van der Waals surface area (Å²) in [7, 11) is 6.19. The maximum atomic E-state index is 15.7. The van der Waals surface area contributed by atoms with Gasteiger partial charge in [0.15, 0.2) is 6.10 Å². The number of H-pyrrole nitrogens is 1. The zero-order chi connectivity index (χ0) is 47.3. The molecule has 10 rings (SSSR count). The summed E-state index contributed by atoms with van der Waals surface area (Å²) in [5.74, 6) is -1.61. The number of nitrogens with one attached hydrogen (secondary N) is 2. The topological polar surface area (TPSA) is 172 Å². The number of ether oxygens (including phenoxy) is 5. The van der Waals surface area contributed by atoms with Crippen molar-refractivity contribution in [3.63, 3.8) is 0 Å². The molecule has 10 atom stereocenters. The molecule has 2 aromatic carbocycles. The Morgan fingerprint density at radius 3 is 2.42 bits per heavy atom. The van der Waals surface area contributed by atoms with E-state index in [2.05, 4.69) is 51.3 Å². The Kier molecular flexibility index (Phi) is 11.4. The van der Waals surface area contributed by atoms with Crippen molar-refractivity contribution in [2.24, 2.45) is 17.3 Å². The van der Waals surface area contributed by atoms with Gasteiger partial charge < -0.3 is 48.9 Å². The van der Waals surface area contributed by atoms with Gasteiger partial charge in [-0.25, -0.2) is 4.79 Å². The third-order valence-electron chi connectivity index (χ3n) is 17.6. The molecule has 1 saturated carbocycles. The Labute approximate surface area is 392 Å². The third kappa shape index (κ3) is 6.42. The Balaban J connectivity index is 1.21. The minimum absolute atomic E-state index is 0.0657. The van der Waals surface area contributed by atoms with E-state index in [4.69, 9.17) is 23.7 Å². The molecule has 1 aliphatic carbocycles. The van der Waals surface area contributed by atoms with Crippen molar-refractivity contribution in [3.8, 4) is 5.75 Å². The van der Waals surface area contributed by atoms with Gasteiger partial charge in [-0.15, -0.1) is 0 Å². The molecule has 67 heavy (non-hydrogen) atoms. The van der Waals surface area contributed by atoms with Gasteiger partial charge in [-0.2, -0.15) is 0 Å². The number of aromatic nitrogens is 1. The number of amides is 1. The number of methoxy groups -OCH3 is 3. The van der Waals surface area contributed by atoms with E-state index in [1.54, 1.807) is 7.11 Å². The molecule has 3 saturated heterocycles. The lowest BCUT2D eigenvalue weighted by molar-refractivity contribution is -0.228. The summed E-state index contributed by atoms with van der Waals surface area (Å²) >= 11 is 0. The fraction of sp³-hybridized carbons (Fsp3) is 0.615. The van der Waals surface area contributed by atoms with Gasteiger partial charge in [-0.1, -0.05) is 44.2 Å². The molecule has 4 fully saturated rings. The molecule has 0 radical (unpaired) electrons. The van der Waals surface area contributed by atoms with Gasteiger partial charge in [-0.3, -0.25) is 19.3 Å². The number of aromatic amines is 1. The average molecular weight is 922 g/mol. The van der Waals surface area contributed by atoms with Crippen LogP contribution < -0.4 is 15.0 Å². The Bertz CT molecular complexity index is 2520. The van der Waals surface area contributed by atoms with E-state index in [9.17, 15) is 19.5 Å². The highest BCUT2D eigenvalue weighted by Gasteiger charge is 2.80. The van der Waals surface area contributed by atoms with E-state index in [1.807, 2.05) is 43.1 Å². The highest BCUT2D eigenvalue weighted by molar-refractivity contribution is 5.95. The summed E-state index contributed by atoms with van der Waals surface area (Å²) in [5, 5.41) is 18.1. The van der Waals surface area contributed by atoms with Crippen molar-refractivity contribution in [3.05, 3.63) is 70.9 Å². The largest absolute Gasteiger partial charge is 0.496 e. The van der Waals surface area contributed by atoms with Crippen LogP contribution in [0, 0.1) is 17.3 Å². The van der Waals surface area contributed by atoms with Crippen LogP contribution in [0.15, 0.2) is 48.6 Å². The van der Waals surface area contributed by atoms with Crippen LogP contribution in [0.2, 0.25) is 0 Å². The summed E-state index contributed by atoms with van der Waals surface area (Å²) in [6, 6.07) is 11.0. The third-order valence-corrected chi connectivity index (χ3v) is 17.6. The number of aliphatic hydroxyl groups is 1. The maximum Gasteiger partial charge on any atom is 0.344 e. The lowest BCUT2D eigenvalue weighted by Gasteiger charge is -2.63. The molecule has 15 heteroatoms. The molecule has 3 N–H and O–H groups in total. The number of likely N-dealkylation sites (N-methyl/N-ethyl adjacent to an activating group) is 1. The van der Waals surface area contributed by atoms with Gasteiger partial charge in [0.25, 0.3) is 0 Å². The number of rotatable bonds is 9. The number of esters is 3. The number of hydrogen-bond acceptors (Lipinski definition) is 13. The Morgan fingerprint density at radius 2 is 1.72 bits per heavy atom. The SMILES string of the molecule is CC[C@]1(NC(=O)C2CCOCC2)C[C@H]2CN(CCc3c([nH]c4ccccc34)[C@@](C(=O)OC)(c3cc4c(cc3OC)N(C)[C@H]3[C@@](O)(C(=O)OC)[C@H](OC(C)=O)[C@]5(CC)C=CCN6CC[C@]43[C@@H]65)C2)C1. The summed E-state index contributed by atoms with van der Waals surface area (Å²) < 4.78 is 29.9. The first-order valence-electron chi connectivity index (χ1n) is 24.4. The fourth-order valence-corrected chi connectivity index (χ4v) is 15.0. The number of anilines is 1. The molecular formula is C52H67N5O10. The van der Waals surface area contributed by atoms with Gasteiger partial charge in [0.1, 0.15) is 11.2 Å². The number of para-hydroxylation sites is 1. The van der Waals surface area contributed by atoms with Crippen LogP contribution in [-0.2, 0) is 55.4 Å². The first-order chi connectivity index (χ1) is 32.2. The summed E-state index contributed by atoms with van der Waals surface area (Å²) in [4.78, 5) is 68.1. The number of carbonyl (C=O) groups excluding carboxylic acids is 4. The number of benzene rings is 2. The van der Waals surface area contributed by atoms with E-state index in [-0.39, 0.29) is 23.8 Å². The van der Waals surface area contributed by atoms with Crippen molar-refractivity contribution in [1.29, 1.82) is 0 Å². The van der Waals surface area contributed by atoms with Crippen LogP contribution in [0.4, 0.5) is 5.69 Å². The zero-order valence-electron chi connectivity index (χ0n) is 40.1. The summed E-state index contributed by atoms with van der Waals surface area (Å²) in [6.07, 6.45) is 7.57. The number of carbonyl (C=O) groups is 4. The molecule has 1 amide bonds. The molecule has 1 spiro atoms. The number of piperidine rings is 1. The summed E-state index contributed by atoms with van der Waals surface area (Å²) in [5.41, 5.74) is -1.34. The van der Waals surface area contributed by atoms with Crippen LogP contribution in [0.25, 0.3) is 10.9 Å². The lowest BCUT2D eigenvalue weighted by atomic mass is 9.47. The van der Waals surface area contributed by atoms with Crippen molar-refractivity contribution in [1.82, 2.24) is 20.1 Å². The van der Waals surface area contributed by atoms with E-state index < -0.39 is 57.4 Å².